The quantitative estimate of drug-likeness (QED) is 0.812. The zero-order valence-electron chi connectivity index (χ0n) is 9.70. The molecule has 0 spiro atoms. The van der Waals surface area contributed by atoms with E-state index in [0.29, 0.717) is 17.6 Å². The van der Waals surface area contributed by atoms with E-state index in [1.54, 1.807) is 29.7 Å². The highest BCUT2D eigenvalue weighted by molar-refractivity contribution is 5.96. The van der Waals surface area contributed by atoms with Crippen LogP contribution in [-0.2, 0) is 4.79 Å². The molecule has 0 aliphatic carbocycles. The van der Waals surface area contributed by atoms with Crippen LogP contribution in [0.3, 0.4) is 0 Å². The fourth-order valence-electron chi connectivity index (χ4n) is 1.54. The molecule has 2 aromatic heterocycles. The summed E-state index contributed by atoms with van der Waals surface area (Å²) in [6.07, 6.45) is 3.36. The first-order chi connectivity index (χ1) is 8.61. The van der Waals surface area contributed by atoms with Gasteiger partial charge in [-0.25, -0.2) is 4.79 Å². The number of carbonyl (C=O) groups excluding carboxylic acids is 1. The number of carboxylic acid groups (broad SMARTS) is 1. The molecule has 0 saturated carbocycles. The Balaban J connectivity index is 2.19. The van der Waals surface area contributed by atoms with Crippen molar-refractivity contribution in [3.05, 3.63) is 30.2 Å². The molecule has 2 rings (SSSR count). The lowest BCUT2D eigenvalue weighted by atomic mass is 10.2. The van der Waals surface area contributed by atoms with Gasteiger partial charge in [0.25, 0.3) is 5.91 Å². The molecular formula is C11H12N4O3. The molecule has 0 fully saturated rings. The van der Waals surface area contributed by atoms with Crippen molar-refractivity contribution in [1.82, 2.24) is 19.9 Å². The highest BCUT2D eigenvalue weighted by Gasteiger charge is 2.18. The highest BCUT2D eigenvalue weighted by atomic mass is 16.4. The summed E-state index contributed by atoms with van der Waals surface area (Å²) in [5.74, 6) is -1.48. The van der Waals surface area contributed by atoms with E-state index in [0.717, 1.165) is 0 Å². The predicted octanol–water partition coefficient (Wildman–Crippen LogP) is 0.322. The Labute approximate surface area is 102 Å². The Kier molecular flexibility index (Phi) is 3.22. The molecule has 0 saturated heterocycles. The van der Waals surface area contributed by atoms with Crippen LogP contribution in [0.15, 0.2) is 24.7 Å². The maximum atomic E-state index is 11.9. The highest BCUT2D eigenvalue weighted by Crippen LogP contribution is 2.04. The monoisotopic (exact) mass is 248 g/mol. The molecule has 7 heteroatoms. The van der Waals surface area contributed by atoms with Crippen LogP contribution in [0.2, 0.25) is 0 Å². The van der Waals surface area contributed by atoms with Crippen molar-refractivity contribution in [2.75, 3.05) is 0 Å². The molecule has 1 amide bonds. The lowest BCUT2D eigenvalue weighted by molar-refractivity contribution is -0.139. The van der Waals surface area contributed by atoms with Crippen molar-refractivity contribution in [1.29, 1.82) is 0 Å². The minimum absolute atomic E-state index is 0.329. The molecule has 0 aromatic carbocycles. The van der Waals surface area contributed by atoms with E-state index in [1.165, 1.54) is 6.33 Å². The number of carbonyl (C=O) groups is 2. The third kappa shape index (κ3) is 2.29. The van der Waals surface area contributed by atoms with Crippen molar-refractivity contribution in [2.24, 2.45) is 0 Å². The normalized spacial score (nSPS) is 12.3. The average Bonchev–Trinajstić information content (AvgIpc) is 2.82. The summed E-state index contributed by atoms with van der Waals surface area (Å²) < 4.78 is 1.59. The summed E-state index contributed by atoms with van der Waals surface area (Å²) in [6.45, 7) is 1.70. The molecular weight excluding hydrogens is 236 g/mol. The number of fused-ring (bicyclic) bond motifs is 1. The van der Waals surface area contributed by atoms with Crippen LogP contribution in [0.4, 0.5) is 0 Å². The lowest BCUT2D eigenvalue weighted by Gasteiger charge is -2.12. The van der Waals surface area contributed by atoms with Crippen LogP contribution in [0.1, 0.15) is 23.7 Å². The zero-order valence-corrected chi connectivity index (χ0v) is 9.70. The van der Waals surface area contributed by atoms with Gasteiger partial charge in [0.1, 0.15) is 12.4 Å². The molecule has 0 bridgehead atoms. The average molecular weight is 248 g/mol. The molecule has 1 unspecified atom stereocenters. The maximum absolute atomic E-state index is 11.9. The molecule has 7 nitrogen and oxygen atoms in total. The molecule has 18 heavy (non-hydrogen) atoms. The topological polar surface area (TPSA) is 96.6 Å². The largest absolute Gasteiger partial charge is 0.480 e. The first-order valence-electron chi connectivity index (χ1n) is 5.45. The standard InChI is InChI=1S/C11H12N4O3/c1-2-8(11(17)18)13-10(16)7-3-4-9-14-12-6-15(9)5-7/h3-6,8H,2H2,1H3,(H,13,16)(H,17,18). The van der Waals surface area contributed by atoms with Gasteiger partial charge >= 0.3 is 5.97 Å². The number of hydrogen-bond acceptors (Lipinski definition) is 4. The van der Waals surface area contributed by atoms with Crippen molar-refractivity contribution in [3.63, 3.8) is 0 Å². The van der Waals surface area contributed by atoms with E-state index in [9.17, 15) is 9.59 Å². The van der Waals surface area contributed by atoms with Crippen LogP contribution < -0.4 is 5.32 Å². The second-order valence-electron chi connectivity index (χ2n) is 3.79. The van der Waals surface area contributed by atoms with Crippen LogP contribution in [0.5, 0.6) is 0 Å². The summed E-state index contributed by atoms with van der Waals surface area (Å²) in [4.78, 5) is 22.7. The van der Waals surface area contributed by atoms with Crippen molar-refractivity contribution < 1.29 is 14.7 Å². The molecule has 2 aromatic rings. The maximum Gasteiger partial charge on any atom is 0.326 e. The number of amides is 1. The van der Waals surface area contributed by atoms with Crippen LogP contribution in [-0.4, -0.2) is 37.6 Å². The van der Waals surface area contributed by atoms with Crippen molar-refractivity contribution >= 4 is 17.5 Å². The second-order valence-corrected chi connectivity index (χ2v) is 3.79. The minimum atomic E-state index is -1.05. The van der Waals surface area contributed by atoms with Gasteiger partial charge in [0, 0.05) is 6.20 Å². The number of pyridine rings is 1. The summed E-state index contributed by atoms with van der Waals surface area (Å²) in [7, 11) is 0. The Morgan fingerprint density at radius 1 is 1.50 bits per heavy atom. The number of hydrogen-bond donors (Lipinski definition) is 2. The zero-order chi connectivity index (χ0) is 13.1. The molecule has 0 aliphatic rings. The van der Waals surface area contributed by atoms with Gasteiger partial charge < -0.3 is 10.4 Å². The number of aliphatic carboxylic acids is 1. The fraction of sp³-hybridized carbons (Fsp3) is 0.273. The van der Waals surface area contributed by atoms with Gasteiger partial charge in [-0.05, 0) is 18.6 Å². The summed E-state index contributed by atoms with van der Waals surface area (Å²) in [5.41, 5.74) is 0.985. The Bertz CT molecular complexity index is 593. The third-order valence-corrected chi connectivity index (χ3v) is 2.56. The van der Waals surface area contributed by atoms with E-state index in [2.05, 4.69) is 15.5 Å². The summed E-state index contributed by atoms with van der Waals surface area (Å²) in [5, 5.41) is 18.8. The van der Waals surface area contributed by atoms with Crippen LogP contribution in [0.25, 0.3) is 5.65 Å². The number of aromatic nitrogens is 3. The van der Waals surface area contributed by atoms with E-state index < -0.39 is 17.9 Å². The minimum Gasteiger partial charge on any atom is -0.480 e. The number of rotatable bonds is 4. The molecule has 1 atom stereocenters. The Morgan fingerprint density at radius 3 is 2.94 bits per heavy atom. The number of nitrogens with zero attached hydrogens (tertiary/aromatic N) is 3. The number of nitrogens with one attached hydrogen (secondary N) is 1. The SMILES string of the molecule is CCC(NC(=O)c1ccc2nncn2c1)C(=O)O. The van der Waals surface area contributed by atoms with Crippen molar-refractivity contribution in [3.8, 4) is 0 Å². The molecule has 0 radical (unpaired) electrons. The van der Waals surface area contributed by atoms with Gasteiger partial charge in [-0.3, -0.25) is 9.20 Å². The van der Waals surface area contributed by atoms with Gasteiger partial charge in [-0.2, -0.15) is 0 Å². The second kappa shape index (κ2) is 4.82. The summed E-state index contributed by atoms with van der Waals surface area (Å²) in [6, 6.07) is 2.34. The van der Waals surface area contributed by atoms with E-state index >= 15 is 0 Å². The van der Waals surface area contributed by atoms with Crippen molar-refractivity contribution in [2.45, 2.75) is 19.4 Å². The van der Waals surface area contributed by atoms with Gasteiger partial charge in [0.2, 0.25) is 0 Å². The van der Waals surface area contributed by atoms with E-state index in [-0.39, 0.29) is 0 Å². The van der Waals surface area contributed by atoms with Gasteiger partial charge in [-0.15, -0.1) is 10.2 Å². The Hall–Kier alpha value is -2.44. The molecule has 94 valence electrons. The van der Waals surface area contributed by atoms with E-state index in [1.807, 2.05) is 0 Å². The van der Waals surface area contributed by atoms with Crippen LogP contribution >= 0.6 is 0 Å². The number of carboxylic acids is 1. The molecule has 2 N–H and O–H groups in total. The predicted molar refractivity (Wildman–Crippen MR) is 62.2 cm³/mol. The smallest absolute Gasteiger partial charge is 0.326 e. The van der Waals surface area contributed by atoms with Crippen LogP contribution in [0, 0.1) is 0 Å². The molecule has 0 aliphatic heterocycles. The van der Waals surface area contributed by atoms with E-state index in [4.69, 9.17) is 5.11 Å². The fourth-order valence-corrected chi connectivity index (χ4v) is 1.54. The van der Waals surface area contributed by atoms with Gasteiger partial charge in [0.15, 0.2) is 5.65 Å². The van der Waals surface area contributed by atoms with Gasteiger partial charge in [0.05, 0.1) is 5.56 Å². The first kappa shape index (κ1) is 12.0. The first-order valence-corrected chi connectivity index (χ1v) is 5.45. The molecule has 2 heterocycles. The lowest BCUT2D eigenvalue weighted by Crippen LogP contribution is -2.40. The third-order valence-electron chi connectivity index (χ3n) is 2.56. The Morgan fingerprint density at radius 2 is 2.28 bits per heavy atom. The van der Waals surface area contributed by atoms with Gasteiger partial charge in [-0.1, -0.05) is 6.92 Å². The summed E-state index contributed by atoms with van der Waals surface area (Å²) >= 11 is 0.